The third kappa shape index (κ3) is 2.89. The highest BCUT2D eigenvalue weighted by Gasteiger charge is 2.22. The van der Waals surface area contributed by atoms with Crippen molar-refractivity contribution in [3.63, 3.8) is 0 Å². The lowest BCUT2D eigenvalue weighted by atomic mass is 9.97. The molecule has 0 aliphatic rings. The van der Waals surface area contributed by atoms with Crippen LogP contribution in [-0.4, -0.2) is 44.7 Å². The topological polar surface area (TPSA) is 127 Å². The number of carboxylic acid groups (broad SMARTS) is 1. The Kier molecular flexibility index (Phi) is 4.38. The van der Waals surface area contributed by atoms with Gasteiger partial charge in [0.05, 0.1) is 12.2 Å². The summed E-state index contributed by atoms with van der Waals surface area (Å²) in [4.78, 5) is 11.3. The number of ether oxygens (including phenoxy) is 1. The Morgan fingerprint density at radius 2 is 1.68 bits per heavy atom. The number of aromatic hydroxyl groups is 3. The summed E-state index contributed by atoms with van der Waals surface area (Å²) in [5, 5.41) is 46.8. The summed E-state index contributed by atoms with van der Waals surface area (Å²) < 4.78 is 5.18. The summed E-state index contributed by atoms with van der Waals surface area (Å²) in [6.07, 6.45) is 0. The molecule has 0 aromatic heterocycles. The van der Waals surface area contributed by atoms with Gasteiger partial charge in [-0.3, -0.25) is 0 Å². The van der Waals surface area contributed by atoms with Gasteiger partial charge in [-0.25, -0.2) is 4.79 Å². The van der Waals surface area contributed by atoms with Crippen LogP contribution in [0.15, 0.2) is 30.3 Å². The van der Waals surface area contributed by atoms with Gasteiger partial charge in [-0.1, -0.05) is 12.1 Å². The third-order valence-electron chi connectivity index (χ3n) is 2.99. The molecule has 0 fully saturated rings. The molecule has 0 unspecified atom stereocenters. The molecule has 0 bridgehead atoms. The van der Waals surface area contributed by atoms with Crippen molar-refractivity contribution in [2.24, 2.45) is 0 Å². The maximum Gasteiger partial charge on any atom is 0.336 e. The third-order valence-corrected chi connectivity index (χ3v) is 2.99. The molecule has 0 saturated carbocycles. The Hall–Kier alpha value is -2.93. The van der Waals surface area contributed by atoms with Crippen LogP contribution in [0.4, 0.5) is 0 Å². The van der Waals surface area contributed by atoms with Crippen molar-refractivity contribution < 1.29 is 35.1 Å². The molecule has 116 valence electrons. The van der Waals surface area contributed by atoms with Gasteiger partial charge in [-0.15, -0.1) is 0 Å². The summed E-state index contributed by atoms with van der Waals surface area (Å²) in [7, 11) is 0. The second-order valence-corrected chi connectivity index (χ2v) is 4.42. The number of carboxylic acids is 1. The first kappa shape index (κ1) is 15.5. The van der Waals surface area contributed by atoms with Gasteiger partial charge in [0.1, 0.15) is 12.4 Å². The van der Waals surface area contributed by atoms with E-state index >= 15 is 0 Å². The van der Waals surface area contributed by atoms with Gasteiger partial charge in [0.25, 0.3) is 0 Å². The lowest BCUT2D eigenvalue weighted by Crippen LogP contribution is -2.02. The Labute approximate surface area is 125 Å². The van der Waals surface area contributed by atoms with Crippen LogP contribution in [0, 0.1) is 0 Å². The molecular weight excluding hydrogens is 292 g/mol. The number of aliphatic hydroxyl groups excluding tert-OH is 1. The van der Waals surface area contributed by atoms with E-state index in [1.165, 1.54) is 24.3 Å². The number of aromatic carboxylic acids is 1. The normalized spacial score (nSPS) is 10.4. The van der Waals surface area contributed by atoms with E-state index in [0.717, 1.165) is 6.07 Å². The van der Waals surface area contributed by atoms with E-state index < -0.39 is 23.2 Å². The second kappa shape index (κ2) is 6.23. The molecule has 2 aromatic carbocycles. The minimum Gasteiger partial charge on any atom is -0.504 e. The molecule has 0 aliphatic heterocycles. The average molecular weight is 306 g/mol. The molecule has 5 N–H and O–H groups in total. The number of benzene rings is 2. The predicted octanol–water partition coefficient (Wildman–Crippen LogP) is 1.54. The molecule has 2 aromatic rings. The summed E-state index contributed by atoms with van der Waals surface area (Å²) in [5.74, 6) is -3.14. The van der Waals surface area contributed by atoms with Crippen LogP contribution in [0.2, 0.25) is 0 Å². The van der Waals surface area contributed by atoms with Crippen molar-refractivity contribution in [2.45, 2.75) is 0 Å². The van der Waals surface area contributed by atoms with Gasteiger partial charge >= 0.3 is 5.97 Å². The van der Waals surface area contributed by atoms with E-state index in [4.69, 9.17) is 9.84 Å². The summed E-state index contributed by atoms with van der Waals surface area (Å²) in [6, 6.07) is 6.90. The smallest absolute Gasteiger partial charge is 0.336 e. The van der Waals surface area contributed by atoms with Gasteiger partial charge in [-0.2, -0.15) is 0 Å². The zero-order valence-electron chi connectivity index (χ0n) is 11.4. The number of rotatable bonds is 5. The molecule has 0 heterocycles. The average Bonchev–Trinajstić information content (AvgIpc) is 2.51. The van der Waals surface area contributed by atoms with Crippen molar-refractivity contribution in [1.82, 2.24) is 0 Å². The van der Waals surface area contributed by atoms with Crippen molar-refractivity contribution >= 4 is 5.97 Å². The molecule has 22 heavy (non-hydrogen) atoms. The van der Waals surface area contributed by atoms with Crippen LogP contribution in [-0.2, 0) is 0 Å². The van der Waals surface area contributed by atoms with E-state index in [2.05, 4.69) is 0 Å². The maximum absolute atomic E-state index is 11.3. The van der Waals surface area contributed by atoms with Gasteiger partial charge in [0.2, 0.25) is 5.75 Å². The maximum atomic E-state index is 11.3. The van der Waals surface area contributed by atoms with Crippen LogP contribution in [0.5, 0.6) is 23.0 Å². The first-order chi connectivity index (χ1) is 10.5. The van der Waals surface area contributed by atoms with Crippen molar-refractivity contribution in [3.05, 3.63) is 35.9 Å². The molecular formula is C15H14O7. The largest absolute Gasteiger partial charge is 0.504 e. The Bertz CT molecular complexity index is 692. The predicted molar refractivity (Wildman–Crippen MR) is 76.4 cm³/mol. The van der Waals surface area contributed by atoms with E-state index in [9.17, 15) is 25.2 Å². The van der Waals surface area contributed by atoms with Crippen LogP contribution < -0.4 is 4.74 Å². The van der Waals surface area contributed by atoms with E-state index in [1.54, 1.807) is 0 Å². The van der Waals surface area contributed by atoms with Crippen LogP contribution in [0.25, 0.3) is 11.1 Å². The zero-order valence-corrected chi connectivity index (χ0v) is 11.4. The SMILES string of the molecule is O=C(O)c1cc(O)c(O)c(O)c1-c1ccc(OCCO)cc1. The molecule has 0 spiro atoms. The van der Waals surface area contributed by atoms with Gasteiger partial charge in [0.15, 0.2) is 11.5 Å². The number of carbonyl (C=O) groups is 1. The molecule has 2 rings (SSSR count). The second-order valence-electron chi connectivity index (χ2n) is 4.42. The van der Waals surface area contributed by atoms with Gasteiger partial charge < -0.3 is 30.3 Å². The first-order valence-corrected chi connectivity index (χ1v) is 6.31. The Morgan fingerprint density at radius 1 is 1.05 bits per heavy atom. The molecule has 7 heteroatoms. The van der Waals surface area contributed by atoms with Gasteiger partial charge in [0, 0.05) is 5.56 Å². The Morgan fingerprint density at radius 3 is 2.23 bits per heavy atom. The number of hydrogen-bond donors (Lipinski definition) is 5. The highest BCUT2D eigenvalue weighted by atomic mass is 16.5. The van der Waals surface area contributed by atoms with Crippen LogP contribution in [0.3, 0.4) is 0 Å². The molecule has 0 amide bonds. The summed E-state index contributed by atoms with van der Waals surface area (Å²) in [5.41, 5.74) is -0.144. The monoisotopic (exact) mass is 306 g/mol. The number of phenolic OH excluding ortho intramolecular Hbond substituents is 3. The first-order valence-electron chi connectivity index (χ1n) is 6.31. The van der Waals surface area contributed by atoms with E-state index in [1.807, 2.05) is 0 Å². The van der Waals surface area contributed by atoms with Crippen molar-refractivity contribution in [3.8, 4) is 34.1 Å². The molecule has 7 nitrogen and oxygen atoms in total. The Balaban J connectivity index is 2.51. The number of aliphatic hydroxyl groups is 1. The lowest BCUT2D eigenvalue weighted by Gasteiger charge is -2.12. The fourth-order valence-electron chi connectivity index (χ4n) is 1.99. The van der Waals surface area contributed by atoms with Gasteiger partial charge in [-0.05, 0) is 23.8 Å². The molecule has 0 aliphatic carbocycles. The zero-order chi connectivity index (χ0) is 16.3. The summed E-state index contributed by atoms with van der Waals surface area (Å²) >= 11 is 0. The molecule has 0 saturated heterocycles. The van der Waals surface area contributed by atoms with Crippen molar-refractivity contribution in [1.29, 1.82) is 0 Å². The highest BCUT2D eigenvalue weighted by Crippen LogP contribution is 2.45. The van der Waals surface area contributed by atoms with E-state index in [0.29, 0.717) is 11.3 Å². The van der Waals surface area contributed by atoms with Crippen LogP contribution >= 0.6 is 0 Å². The lowest BCUT2D eigenvalue weighted by molar-refractivity contribution is 0.0696. The number of hydrogen-bond acceptors (Lipinski definition) is 6. The quantitative estimate of drug-likeness (QED) is 0.530. The molecule has 0 atom stereocenters. The van der Waals surface area contributed by atoms with Crippen molar-refractivity contribution in [2.75, 3.05) is 13.2 Å². The number of phenols is 3. The van der Waals surface area contributed by atoms with Crippen LogP contribution in [0.1, 0.15) is 10.4 Å². The minimum absolute atomic E-state index is 0.114. The fourth-order valence-corrected chi connectivity index (χ4v) is 1.99. The minimum atomic E-state index is -1.36. The molecule has 0 radical (unpaired) electrons. The van der Waals surface area contributed by atoms with E-state index in [-0.39, 0.29) is 24.3 Å². The summed E-state index contributed by atoms with van der Waals surface area (Å²) in [6.45, 7) is -0.0253. The standard InChI is InChI=1S/C15H14O7/c16-5-6-22-9-3-1-8(2-4-9)12-10(15(20)21)7-11(17)13(18)14(12)19/h1-4,7,16-19H,5-6H2,(H,20,21). The fraction of sp³-hybridized carbons (Fsp3) is 0.133. The highest BCUT2D eigenvalue weighted by molar-refractivity contribution is 5.99.